The van der Waals surface area contributed by atoms with Crippen LogP contribution >= 0.6 is 22.7 Å². The molecule has 0 radical (unpaired) electrons. The highest BCUT2D eigenvalue weighted by molar-refractivity contribution is 7.14. The van der Waals surface area contributed by atoms with E-state index >= 15 is 0 Å². The minimum Gasteiger partial charge on any atom is -0.312 e. The fraction of sp³-hybridized carbons (Fsp3) is 0.235. The van der Waals surface area contributed by atoms with Crippen molar-refractivity contribution in [3.63, 3.8) is 0 Å². The van der Waals surface area contributed by atoms with Crippen LogP contribution in [0.1, 0.15) is 16.7 Å². The van der Waals surface area contributed by atoms with E-state index in [1.807, 2.05) is 0 Å². The quantitative estimate of drug-likeness (QED) is 0.754. The molecule has 4 heteroatoms. The van der Waals surface area contributed by atoms with Crippen LogP contribution in [0.2, 0.25) is 0 Å². The number of rotatable bonds is 2. The van der Waals surface area contributed by atoms with Crippen molar-refractivity contribution in [1.29, 1.82) is 0 Å². The van der Waals surface area contributed by atoms with Crippen LogP contribution in [-0.4, -0.2) is 11.5 Å². The maximum Gasteiger partial charge on any atom is 0.125 e. The van der Waals surface area contributed by atoms with E-state index in [-0.39, 0.29) is 0 Å². The fourth-order valence-corrected chi connectivity index (χ4v) is 4.56. The summed E-state index contributed by atoms with van der Waals surface area (Å²) in [6.07, 6.45) is 1.11. The molecule has 21 heavy (non-hydrogen) atoms. The summed E-state index contributed by atoms with van der Waals surface area (Å²) in [7, 11) is 0. The Morgan fingerprint density at radius 1 is 1.14 bits per heavy atom. The highest BCUT2D eigenvalue weighted by Gasteiger charge is 2.13. The Balaban J connectivity index is 1.71. The van der Waals surface area contributed by atoms with Crippen molar-refractivity contribution in [1.82, 2.24) is 10.3 Å². The molecule has 1 aromatic carbocycles. The number of fused-ring (bicyclic) bond motifs is 1. The van der Waals surface area contributed by atoms with E-state index in [1.165, 1.54) is 27.8 Å². The lowest BCUT2D eigenvalue weighted by molar-refractivity contribution is 0.644. The van der Waals surface area contributed by atoms with Crippen LogP contribution < -0.4 is 5.32 Å². The van der Waals surface area contributed by atoms with E-state index in [0.717, 1.165) is 30.2 Å². The summed E-state index contributed by atoms with van der Waals surface area (Å²) < 4.78 is 0. The Bertz CT molecular complexity index is 786. The topological polar surface area (TPSA) is 24.9 Å². The number of hydrogen-bond acceptors (Lipinski definition) is 4. The Labute approximate surface area is 132 Å². The molecule has 0 spiro atoms. The highest BCUT2D eigenvalue weighted by atomic mass is 32.1. The van der Waals surface area contributed by atoms with E-state index in [1.54, 1.807) is 22.7 Å². The molecule has 0 saturated carbocycles. The summed E-state index contributed by atoms with van der Waals surface area (Å²) in [5.74, 6) is 0. The van der Waals surface area contributed by atoms with Crippen molar-refractivity contribution in [2.24, 2.45) is 0 Å². The van der Waals surface area contributed by atoms with Gasteiger partial charge in [0.1, 0.15) is 5.01 Å². The van der Waals surface area contributed by atoms with Crippen LogP contribution in [0.4, 0.5) is 0 Å². The molecule has 3 heterocycles. The second-order valence-electron chi connectivity index (χ2n) is 5.42. The number of nitrogens with one attached hydrogen (secondary N) is 1. The van der Waals surface area contributed by atoms with Gasteiger partial charge in [0.05, 0.1) is 5.69 Å². The molecule has 106 valence electrons. The van der Waals surface area contributed by atoms with E-state index in [0.29, 0.717) is 0 Å². The Kier molecular flexibility index (Phi) is 3.37. The average molecular weight is 312 g/mol. The van der Waals surface area contributed by atoms with Crippen LogP contribution in [-0.2, 0) is 13.0 Å². The first-order valence-corrected chi connectivity index (χ1v) is 8.95. The first-order chi connectivity index (χ1) is 10.3. The lowest BCUT2D eigenvalue weighted by Crippen LogP contribution is -2.23. The largest absolute Gasteiger partial charge is 0.312 e. The molecule has 0 saturated heterocycles. The normalized spacial score (nSPS) is 14.1. The minimum atomic E-state index is 0.992. The predicted octanol–water partition coefficient (Wildman–Crippen LogP) is 4.49. The molecule has 0 amide bonds. The van der Waals surface area contributed by atoms with Gasteiger partial charge in [-0.3, -0.25) is 0 Å². The zero-order valence-corrected chi connectivity index (χ0v) is 13.5. The van der Waals surface area contributed by atoms with Gasteiger partial charge >= 0.3 is 0 Å². The lowest BCUT2D eigenvalue weighted by Gasteiger charge is -2.17. The third-order valence-corrected chi connectivity index (χ3v) is 5.72. The van der Waals surface area contributed by atoms with E-state index < -0.39 is 0 Å². The van der Waals surface area contributed by atoms with Crippen molar-refractivity contribution >= 4 is 22.7 Å². The van der Waals surface area contributed by atoms with Crippen molar-refractivity contribution in [2.75, 3.05) is 6.54 Å². The molecular weight excluding hydrogens is 296 g/mol. The number of aromatic nitrogens is 1. The first kappa shape index (κ1) is 13.2. The van der Waals surface area contributed by atoms with Gasteiger partial charge in [0.25, 0.3) is 0 Å². The molecule has 0 aliphatic carbocycles. The van der Waals surface area contributed by atoms with E-state index in [4.69, 9.17) is 4.98 Å². The van der Waals surface area contributed by atoms with Gasteiger partial charge in [-0.25, -0.2) is 4.98 Å². The zero-order valence-electron chi connectivity index (χ0n) is 11.8. The number of thiophene rings is 1. The first-order valence-electron chi connectivity index (χ1n) is 7.13. The molecule has 3 aromatic rings. The second-order valence-corrected chi connectivity index (χ2v) is 7.02. The Morgan fingerprint density at radius 3 is 2.95 bits per heavy atom. The SMILES string of the molecule is Cc1cscc1-c1nc(-c2ccc3c(c2)CCNC3)cs1. The third kappa shape index (κ3) is 2.44. The summed E-state index contributed by atoms with van der Waals surface area (Å²) in [5.41, 5.74) is 7.82. The predicted molar refractivity (Wildman–Crippen MR) is 91.0 cm³/mol. The number of hydrogen-bond donors (Lipinski definition) is 1. The monoisotopic (exact) mass is 312 g/mol. The molecule has 0 atom stereocenters. The molecule has 1 aliphatic heterocycles. The maximum absolute atomic E-state index is 4.84. The van der Waals surface area contributed by atoms with Gasteiger partial charge in [-0.15, -0.1) is 11.3 Å². The fourth-order valence-electron chi connectivity index (χ4n) is 2.75. The van der Waals surface area contributed by atoms with E-state index in [9.17, 15) is 0 Å². The molecular formula is C17H16N2S2. The summed E-state index contributed by atoms with van der Waals surface area (Å²) in [4.78, 5) is 4.84. The van der Waals surface area contributed by atoms with Gasteiger partial charge in [-0.2, -0.15) is 11.3 Å². The molecule has 2 aromatic heterocycles. The van der Waals surface area contributed by atoms with Gasteiger partial charge in [-0.05, 0) is 48.0 Å². The van der Waals surface area contributed by atoms with Crippen molar-refractivity contribution in [2.45, 2.75) is 19.9 Å². The molecule has 0 unspecified atom stereocenters. The van der Waals surface area contributed by atoms with Crippen LogP contribution in [0.5, 0.6) is 0 Å². The van der Waals surface area contributed by atoms with Crippen molar-refractivity contribution < 1.29 is 0 Å². The molecule has 0 bridgehead atoms. The Hall–Kier alpha value is -1.49. The van der Waals surface area contributed by atoms with Crippen LogP contribution in [0, 0.1) is 6.92 Å². The number of aryl methyl sites for hydroxylation is 1. The number of nitrogens with zero attached hydrogens (tertiary/aromatic N) is 1. The average Bonchev–Trinajstić information content (AvgIpc) is 3.15. The summed E-state index contributed by atoms with van der Waals surface area (Å²) in [6, 6.07) is 6.76. The number of thiazole rings is 1. The van der Waals surface area contributed by atoms with Gasteiger partial charge in [0.2, 0.25) is 0 Å². The van der Waals surface area contributed by atoms with Crippen LogP contribution in [0.15, 0.2) is 34.3 Å². The maximum atomic E-state index is 4.84. The van der Waals surface area contributed by atoms with Gasteiger partial charge in [0, 0.05) is 28.4 Å². The summed E-state index contributed by atoms with van der Waals surface area (Å²) in [6.45, 7) is 4.22. The van der Waals surface area contributed by atoms with Gasteiger partial charge < -0.3 is 5.32 Å². The van der Waals surface area contributed by atoms with Crippen LogP contribution in [0.3, 0.4) is 0 Å². The molecule has 0 fully saturated rings. The summed E-state index contributed by atoms with van der Waals surface area (Å²) >= 11 is 3.48. The molecule has 2 nitrogen and oxygen atoms in total. The molecule has 1 aliphatic rings. The lowest BCUT2D eigenvalue weighted by atomic mass is 9.98. The number of benzene rings is 1. The highest BCUT2D eigenvalue weighted by Crippen LogP contribution is 2.33. The Morgan fingerprint density at radius 2 is 2.10 bits per heavy atom. The summed E-state index contributed by atoms with van der Waals surface area (Å²) in [5, 5.41) is 11.1. The van der Waals surface area contributed by atoms with Crippen molar-refractivity contribution in [3.8, 4) is 21.8 Å². The zero-order chi connectivity index (χ0) is 14.2. The van der Waals surface area contributed by atoms with Gasteiger partial charge in [0.15, 0.2) is 0 Å². The third-order valence-electron chi connectivity index (χ3n) is 3.98. The van der Waals surface area contributed by atoms with Gasteiger partial charge in [-0.1, -0.05) is 12.1 Å². The standard InChI is InChI=1S/C17H16N2S2/c1-11-8-20-9-15(11)17-19-16(10-21-17)13-2-3-14-7-18-5-4-12(14)6-13/h2-3,6,8-10,18H,4-5,7H2,1H3. The smallest absolute Gasteiger partial charge is 0.125 e. The van der Waals surface area contributed by atoms with Crippen molar-refractivity contribution in [3.05, 3.63) is 51.0 Å². The molecule has 1 N–H and O–H groups in total. The molecule has 4 rings (SSSR count). The van der Waals surface area contributed by atoms with Crippen LogP contribution in [0.25, 0.3) is 21.8 Å². The minimum absolute atomic E-state index is 0.992. The second kappa shape index (κ2) is 5.37. The van der Waals surface area contributed by atoms with E-state index in [2.05, 4.69) is 46.6 Å².